The van der Waals surface area contributed by atoms with E-state index in [1.807, 2.05) is 0 Å². The molecule has 0 rings (SSSR count). The van der Waals surface area contributed by atoms with Gasteiger partial charge in [0.25, 0.3) is 0 Å². The Hall–Kier alpha value is 1.11. The second kappa shape index (κ2) is 10.2. The van der Waals surface area contributed by atoms with Gasteiger partial charge in [-0.1, -0.05) is 58.0 Å². The van der Waals surface area contributed by atoms with E-state index in [2.05, 4.69) is 69.6 Å². The summed E-state index contributed by atoms with van der Waals surface area (Å²) in [7, 11) is 0. The van der Waals surface area contributed by atoms with Crippen LogP contribution in [0.25, 0.3) is 0 Å². The molecule has 0 aliphatic rings. The molecule has 0 spiro atoms. The van der Waals surface area contributed by atoms with E-state index in [-0.39, 0.29) is 0 Å². The third-order valence-corrected chi connectivity index (χ3v) is 2.45. The molecule has 0 saturated carbocycles. The first kappa shape index (κ1) is 27.9. The molecule has 0 fully saturated rings. The maximum Gasteiger partial charge on any atom is 0.456 e. The quantitative estimate of drug-likeness (QED) is 0.289. The molecule has 0 aliphatic carbocycles. The Bertz CT molecular complexity index is 278. The lowest BCUT2D eigenvalue weighted by Gasteiger charge is -2.19. The van der Waals surface area contributed by atoms with E-state index in [1.54, 1.807) is 0 Å². The van der Waals surface area contributed by atoms with Crippen LogP contribution in [0.1, 0.15) is 6.92 Å². The van der Waals surface area contributed by atoms with Gasteiger partial charge >= 0.3 is 22.1 Å². The summed E-state index contributed by atoms with van der Waals surface area (Å²) >= 11 is 25.8. The average molecular weight is 473 g/mol. The normalized spacial score (nSPS) is 14.6. The van der Waals surface area contributed by atoms with Crippen LogP contribution in [0.4, 0.5) is 39.5 Å². The van der Waals surface area contributed by atoms with Crippen molar-refractivity contribution in [1.29, 1.82) is 0 Å². The molecular formula is C7H5Cl6F9. The van der Waals surface area contributed by atoms with E-state index >= 15 is 0 Å². The lowest BCUT2D eigenvalue weighted by Crippen LogP contribution is -2.41. The summed E-state index contributed by atoms with van der Waals surface area (Å²) in [6.45, 7) is 1.27. The van der Waals surface area contributed by atoms with Gasteiger partial charge in [-0.3, -0.25) is 0 Å². The van der Waals surface area contributed by atoms with Gasteiger partial charge in [-0.15, -0.1) is 0 Å². The largest absolute Gasteiger partial charge is 0.456 e. The second-order valence-electron chi connectivity index (χ2n) is 2.94. The molecular weight excluding hydrogens is 468 g/mol. The molecule has 15 heteroatoms. The summed E-state index contributed by atoms with van der Waals surface area (Å²) in [6.07, 6.45) is -5.68. The predicted octanol–water partition coefficient (Wildman–Crippen LogP) is 7.45. The van der Waals surface area contributed by atoms with E-state index in [0.717, 1.165) is 0 Å². The van der Waals surface area contributed by atoms with Crippen molar-refractivity contribution in [3.05, 3.63) is 0 Å². The van der Waals surface area contributed by atoms with Crippen molar-refractivity contribution in [2.45, 2.75) is 39.5 Å². The molecule has 0 aromatic carbocycles. The average Bonchev–Trinajstić information content (AvgIpc) is 2.11. The van der Waals surface area contributed by atoms with Gasteiger partial charge in [0.2, 0.25) is 0 Å². The van der Waals surface area contributed by atoms with Crippen LogP contribution in [0, 0.1) is 0 Å². The van der Waals surface area contributed by atoms with E-state index in [4.69, 9.17) is 0 Å². The third kappa shape index (κ3) is 13.5. The van der Waals surface area contributed by atoms with E-state index < -0.39 is 32.5 Å². The molecule has 138 valence electrons. The maximum absolute atomic E-state index is 11.7. The summed E-state index contributed by atoms with van der Waals surface area (Å²) in [5.41, 5.74) is -1.19. The highest BCUT2D eigenvalue weighted by Gasteiger charge is 2.61. The molecule has 0 aliphatic heterocycles. The van der Waals surface area contributed by atoms with Crippen molar-refractivity contribution in [3.63, 3.8) is 0 Å². The van der Waals surface area contributed by atoms with Crippen LogP contribution in [0.2, 0.25) is 0 Å². The van der Waals surface area contributed by atoms with Crippen molar-refractivity contribution in [2.24, 2.45) is 0 Å². The molecule has 0 radical (unpaired) electrons. The Morgan fingerprint density at radius 2 is 0.909 bits per heavy atom. The molecule has 0 bridgehead atoms. The molecule has 0 aromatic rings. The lowest BCUT2D eigenvalue weighted by atomic mass is 10.4. The minimum atomic E-state index is -5.68. The Morgan fingerprint density at radius 1 is 0.727 bits per heavy atom. The second-order valence-corrected chi connectivity index (χ2v) is 6.34. The van der Waals surface area contributed by atoms with Crippen LogP contribution in [0.15, 0.2) is 0 Å². The van der Waals surface area contributed by atoms with Crippen molar-refractivity contribution in [3.8, 4) is 0 Å². The van der Waals surface area contributed by atoms with E-state index in [1.165, 1.54) is 6.92 Å². The molecule has 0 saturated heterocycles. The van der Waals surface area contributed by atoms with Gasteiger partial charge in [0.05, 0.1) is 0 Å². The fourth-order valence-electron chi connectivity index (χ4n) is 0.124. The van der Waals surface area contributed by atoms with Crippen molar-refractivity contribution >= 4 is 69.6 Å². The van der Waals surface area contributed by atoms with Gasteiger partial charge in [-0.2, -0.15) is 35.1 Å². The number of rotatable bonds is 2. The molecule has 0 aromatic heterocycles. The van der Waals surface area contributed by atoms with Crippen molar-refractivity contribution in [1.82, 2.24) is 0 Å². The lowest BCUT2D eigenvalue weighted by molar-refractivity contribution is -0.275. The molecule has 1 unspecified atom stereocenters. The van der Waals surface area contributed by atoms with Gasteiger partial charge in [-0.05, 0) is 18.5 Å². The zero-order valence-corrected chi connectivity index (χ0v) is 14.4. The standard InChI is InChI=1S/C3HCl2F5.C2Cl3F3.C2H4ClF/c4-1(5)2(6,7)3(8,9)10;3-1(4,6)2(5,7)8;1-2(3)4/h1H;;2H,1H3. The highest BCUT2D eigenvalue weighted by molar-refractivity contribution is 6.51. The first-order chi connectivity index (χ1) is 9.18. The van der Waals surface area contributed by atoms with Crippen molar-refractivity contribution < 1.29 is 39.5 Å². The highest BCUT2D eigenvalue weighted by Crippen LogP contribution is 2.42. The topological polar surface area (TPSA) is 0 Å². The number of halogens is 15. The van der Waals surface area contributed by atoms with Gasteiger partial charge < -0.3 is 0 Å². The van der Waals surface area contributed by atoms with Crippen LogP contribution in [-0.4, -0.2) is 32.5 Å². The molecule has 0 heterocycles. The van der Waals surface area contributed by atoms with Crippen LogP contribution in [-0.2, 0) is 0 Å². The minimum absolute atomic E-state index is 1.19. The van der Waals surface area contributed by atoms with Crippen LogP contribution in [0.3, 0.4) is 0 Å². The predicted molar refractivity (Wildman–Crippen MR) is 69.3 cm³/mol. The highest BCUT2D eigenvalue weighted by atomic mass is 35.5. The Labute approximate surface area is 148 Å². The Morgan fingerprint density at radius 3 is 0.909 bits per heavy atom. The molecule has 0 nitrogen and oxygen atoms in total. The van der Waals surface area contributed by atoms with E-state index in [0.29, 0.717) is 0 Å². The third-order valence-electron chi connectivity index (χ3n) is 0.973. The molecule has 0 amide bonds. The summed E-state index contributed by atoms with van der Waals surface area (Å²) in [5, 5.41) is -4.23. The first-order valence-electron chi connectivity index (χ1n) is 4.32. The first-order valence-corrected chi connectivity index (χ1v) is 6.76. The SMILES string of the molecule is CC(F)Cl.FC(F)(Cl)C(F)(Cl)Cl.FC(F)(F)C(F)(F)C(Cl)Cl. The molecule has 0 N–H and O–H groups in total. The summed E-state index contributed by atoms with van der Waals surface area (Å²) in [5.74, 6) is -5.03. The minimum Gasteiger partial charge on any atom is -0.230 e. The number of alkyl halides is 15. The Kier molecular flexibility index (Phi) is 12.9. The fraction of sp³-hybridized carbons (Fsp3) is 1.00. The summed E-state index contributed by atoms with van der Waals surface area (Å²) in [4.78, 5) is -2.76. The van der Waals surface area contributed by atoms with Gasteiger partial charge in [0.1, 0.15) is 0 Å². The van der Waals surface area contributed by atoms with Gasteiger partial charge in [-0.25, -0.2) is 4.39 Å². The van der Waals surface area contributed by atoms with Crippen LogP contribution < -0.4 is 0 Å². The smallest absolute Gasteiger partial charge is 0.230 e. The molecule has 1 atom stereocenters. The summed E-state index contributed by atoms with van der Waals surface area (Å²) < 4.78 is 98.2. The molecule has 22 heavy (non-hydrogen) atoms. The monoisotopic (exact) mass is 470 g/mol. The van der Waals surface area contributed by atoms with Crippen molar-refractivity contribution in [2.75, 3.05) is 0 Å². The van der Waals surface area contributed by atoms with Crippen LogP contribution >= 0.6 is 69.6 Å². The fourth-order valence-corrected chi connectivity index (χ4v) is 0.371. The van der Waals surface area contributed by atoms with Gasteiger partial charge in [0.15, 0.2) is 10.5 Å². The van der Waals surface area contributed by atoms with Gasteiger partial charge in [0, 0.05) is 0 Å². The zero-order chi connectivity index (χ0) is 19.2. The maximum atomic E-state index is 11.7. The Balaban J connectivity index is -0.000000269. The number of hydrogen-bond acceptors (Lipinski definition) is 0. The number of hydrogen-bond donors (Lipinski definition) is 0. The summed E-state index contributed by atoms with van der Waals surface area (Å²) in [6, 6.07) is 0. The van der Waals surface area contributed by atoms with E-state index in [9.17, 15) is 39.5 Å². The zero-order valence-electron chi connectivity index (χ0n) is 9.82. The van der Waals surface area contributed by atoms with Crippen LogP contribution in [0.5, 0.6) is 0 Å².